The van der Waals surface area contributed by atoms with Crippen LogP contribution in [0, 0.1) is 0 Å². The minimum atomic E-state index is -2.96. The van der Waals surface area contributed by atoms with E-state index in [1.165, 1.54) is 4.90 Å². The first kappa shape index (κ1) is 11.3. The van der Waals surface area contributed by atoms with Gasteiger partial charge in [0.1, 0.15) is 0 Å². The van der Waals surface area contributed by atoms with Crippen LogP contribution in [0.3, 0.4) is 0 Å². The van der Waals surface area contributed by atoms with Crippen LogP contribution in [0.25, 0.3) is 0 Å². The summed E-state index contributed by atoms with van der Waals surface area (Å²) in [6, 6.07) is -0.171. The van der Waals surface area contributed by atoms with E-state index in [2.05, 4.69) is 5.32 Å². The normalized spacial score (nSPS) is 17.7. The third kappa shape index (κ3) is 2.17. The number of amides is 2. The van der Waals surface area contributed by atoms with Gasteiger partial charge in [0, 0.05) is 25.4 Å². The van der Waals surface area contributed by atoms with Gasteiger partial charge in [-0.3, -0.25) is 0 Å². The van der Waals surface area contributed by atoms with Crippen LogP contribution >= 0.6 is 0 Å². The lowest BCUT2D eigenvalue weighted by Crippen LogP contribution is -2.59. The van der Waals surface area contributed by atoms with E-state index in [9.17, 15) is 13.2 Å². The van der Waals surface area contributed by atoms with Gasteiger partial charge in [0.15, 0.2) is 9.84 Å². The molecule has 0 aromatic rings. The van der Waals surface area contributed by atoms with Gasteiger partial charge < -0.3 is 10.2 Å². The van der Waals surface area contributed by atoms with E-state index in [-0.39, 0.29) is 17.0 Å². The number of carbonyl (C=O) groups is 1. The van der Waals surface area contributed by atoms with Crippen molar-refractivity contribution in [1.29, 1.82) is 0 Å². The monoisotopic (exact) mass is 220 g/mol. The topological polar surface area (TPSA) is 66.5 Å². The fourth-order valence-electron chi connectivity index (χ4n) is 1.33. The quantitative estimate of drug-likeness (QED) is 0.718. The Kier molecular flexibility index (Phi) is 3.36. The van der Waals surface area contributed by atoms with Gasteiger partial charge in [-0.25, -0.2) is 13.2 Å². The molecule has 1 rings (SSSR count). The van der Waals surface area contributed by atoms with Crippen molar-refractivity contribution < 1.29 is 13.2 Å². The highest BCUT2D eigenvalue weighted by molar-refractivity contribution is 7.92. The maximum absolute atomic E-state index is 11.3. The lowest BCUT2D eigenvalue weighted by Gasteiger charge is -2.38. The second-order valence-corrected chi connectivity index (χ2v) is 5.88. The Morgan fingerprint density at radius 3 is 2.43 bits per heavy atom. The van der Waals surface area contributed by atoms with Crippen LogP contribution in [-0.2, 0) is 9.84 Å². The van der Waals surface area contributed by atoms with Crippen molar-refractivity contribution in [1.82, 2.24) is 10.2 Å². The van der Waals surface area contributed by atoms with Crippen LogP contribution in [0.15, 0.2) is 0 Å². The van der Waals surface area contributed by atoms with Gasteiger partial charge in [-0.2, -0.15) is 0 Å². The standard InChI is InChI=1S/C8H16N2O3S/c1-3-9-8(11)10-5-7(6-10)14(12,13)4-2/h7H,3-6H2,1-2H3,(H,9,11). The molecule has 6 heteroatoms. The third-order valence-corrected chi connectivity index (χ3v) is 4.49. The average molecular weight is 220 g/mol. The minimum Gasteiger partial charge on any atom is -0.338 e. The Bertz CT molecular complexity index is 307. The molecule has 0 radical (unpaired) electrons. The van der Waals surface area contributed by atoms with Crippen LogP contribution in [0.1, 0.15) is 13.8 Å². The molecule has 0 aromatic carbocycles. The molecule has 1 aliphatic heterocycles. The largest absolute Gasteiger partial charge is 0.338 e. The van der Waals surface area contributed by atoms with Crippen molar-refractivity contribution >= 4 is 15.9 Å². The fraction of sp³-hybridized carbons (Fsp3) is 0.875. The van der Waals surface area contributed by atoms with E-state index < -0.39 is 9.84 Å². The van der Waals surface area contributed by atoms with E-state index >= 15 is 0 Å². The van der Waals surface area contributed by atoms with Crippen molar-refractivity contribution in [2.45, 2.75) is 19.1 Å². The van der Waals surface area contributed by atoms with Crippen molar-refractivity contribution in [2.75, 3.05) is 25.4 Å². The predicted octanol–water partition coefficient (Wildman–Crippen LogP) is -0.165. The van der Waals surface area contributed by atoms with Crippen molar-refractivity contribution in [3.63, 3.8) is 0 Å². The summed E-state index contributed by atoms with van der Waals surface area (Å²) >= 11 is 0. The Morgan fingerprint density at radius 2 is 2.00 bits per heavy atom. The third-order valence-electron chi connectivity index (χ3n) is 2.37. The maximum Gasteiger partial charge on any atom is 0.317 e. The number of hydrogen-bond acceptors (Lipinski definition) is 3. The lowest BCUT2D eigenvalue weighted by molar-refractivity contribution is 0.170. The molecule has 1 heterocycles. The molecule has 14 heavy (non-hydrogen) atoms. The molecule has 0 aliphatic carbocycles. The molecule has 2 amide bonds. The Balaban J connectivity index is 2.41. The lowest BCUT2D eigenvalue weighted by atomic mass is 10.2. The Labute approximate surface area is 84.4 Å². The highest BCUT2D eigenvalue weighted by Gasteiger charge is 2.38. The zero-order valence-corrected chi connectivity index (χ0v) is 9.30. The number of nitrogens with one attached hydrogen (secondary N) is 1. The smallest absolute Gasteiger partial charge is 0.317 e. The highest BCUT2D eigenvalue weighted by Crippen LogP contribution is 2.16. The number of carbonyl (C=O) groups excluding carboxylic acids is 1. The van der Waals surface area contributed by atoms with Gasteiger partial charge in [-0.15, -0.1) is 0 Å². The number of urea groups is 1. The van der Waals surface area contributed by atoms with Crippen LogP contribution in [0.4, 0.5) is 4.79 Å². The zero-order valence-electron chi connectivity index (χ0n) is 8.49. The van der Waals surface area contributed by atoms with Gasteiger partial charge >= 0.3 is 6.03 Å². The summed E-state index contributed by atoms with van der Waals surface area (Å²) in [4.78, 5) is 12.7. The van der Waals surface area contributed by atoms with Gasteiger partial charge in [0.2, 0.25) is 0 Å². The molecular weight excluding hydrogens is 204 g/mol. The second-order valence-electron chi connectivity index (χ2n) is 3.31. The predicted molar refractivity (Wildman–Crippen MR) is 53.9 cm³/mol. The van der Waals surface area contributed by atoms with Gasteiger partial charge in [0.25, 0.3) is 0 Å². The number of hydrogen-bond donors (Lipinski definition) is 1. The number of nitrogens with zero attached hydrogens (tertiary/aromatic N) is 1. The molecule has 0 saturated carbocycles. The molecule has 0 atom stereocenters. The minimum absolute atomic E-state index is 0.154. The van der Waals surface area contributed by atoms with Gasteiger partial charge in [-0.05, 0) is 6.92 Å². The maximum atomic E-state index is 11.3. The number of rotatable bonds is 3. The molecule has 1 fully saturated rings. The summed E-state index contributed by atoms with van der Waals surface area (Å²) < 4.78 is 22.7. The highest BCUT2D eigenvalue weighted by atomic mass is 32.2. The molecule has 0 bridgehead atoms. The molecule has 0 unspecified atom stereocenters. The van der Waals surface area contributed by atoms with Crippen LogP contribution in [0.2, 0.25) is 0 Å². The Morgan fingerprint density at radius 1 is 1.43 bits per heavy atom. The van der Waals surface area contributed by atoms with Crippen LogP contribution in [0.5, 0.6) is 0 Å². The first-order valence-corrected chi connectivity index (χ1v) is 6.47. The van der Waals surface area contributed by atoms with Crippen molar-refractivity contribution in [3.8, 4) is 0 Å². The SMILES string of the molecule is CCNC(=O)N1CC(S(=O)(=O)CC)C1. The van der Waals surface area contributed by atoms with E-state index in [1.54, 1.807) is 6.92 Å². The summed E-state index contributed by atoms with van der Waals surface area (Å²) in [5, 5.41) is 2.28. The summed E-state index contributed by atoms with van der Waals surface area (Å²) in [5.41, 5.74) is 0. The van der Waals surface area contributed by atoms with E-state index in [4.69, 9.17) is 0 Å². The van der Waals surface area contributed by atoms with Gasteiger partial charge in [0.05, 0.1) is 5.25 Å². The molecule has 82 valence electrons. The van der Waals surface area contributed by atoms with Crippen molar-refractivity contribution in [2.24, 2.45) is 0 Å². The summed E-state index contributed by atoms with van der Waals surface area (Å²) in [5.74, 6) is 0.154. The zero-order chi connectivity index (χ0) is 10.8. The number of sulfone groups is 1. The molecule has 1 N–H and O–H groups in total. The Hall–Kier alpha value is -0.780. The summed E-state index contributed by atoms with van der Waals surface area (Å²) in [7, 11) is -2.96. The molecule has 5 nitrogen and oxygen atoms in total. The van der Waals surface area contributed by atoms with E-state index in [0.717, 1.165) is 0 Å². The molecule has 0 spiro atoms. The second kappa shape index (κ2) is 4.16. The molecule has 1 aliphatic rings. The first-order valence-electron chi connectivity index (χ1n) is 4.75. The number of likely N-dealkylation sites (tertiary alicyclic amines) is 1. The molecule has 1 saturated heterocycles. The first-order chi connectivity index (χ1) is 6.51. The average Bonchev–Trinajstić information content (AvgIpc) is 2.01. The van der Waals surface area contributed by atoms with Gasteiger partial charge in [-0.1, -0.05) is 6.92 Å². The summed E-state index contributed by atoms with van der Waals surface area (Å²) in [6.07, 6.45) is 0. The fourth-order valence-corrected chi connectivity index (χ4v) is 2.62. The summed E-state index contributed by atoms with van der Waals surface area (Å²) in [6.45, 7) is 4.70. The van der Waals surface area contributed by atoms with Crippen LogP contribution in [-0.4, -0.2) is 50.0 Å². The molecule has 0 aromatic heterocycles. The van der Waals surface area contributed by atoms with E-state index in [0.29, 0.717) is 19.6 Å². The molecular formula is C8H16N2O3S. The van der Waals surface area contributed by atoms with Crippen molar-refractivity contribution in [3.05, 3.63) is 0 Å². The van der Waals surface area contributed by atoms with Crippen LogP contribution < -0.4 is 5.32 Å². The van der Waals surface area contributed by atoms with E-state index in [1.807, 2.05) is 6.92 Å².